The van der Waals surface area contributed by atoms with Gasteiger partial charge in [-0.1, -0.05) is 43.5 Å². The summed E-state index contributed by atoms with van der Waals surface area (Å²) in [7, 11) is 2.00. The molecule has 1 aromatic heterocycles. The number of halogens is 1. The van der Waals surface area contributed by atoms with Crippen LogP contribution in [0.5, 0.6) is 0 Å². The van der Waals surface area contributed by atoms with E-state index in [1.54, 1.807) is 0 Å². The number of hydrogen-bond acceptors (Lipinski definition) is 5. The second kappa shape index (κ2) is 13.2. The number of aromatic nitrogens is 3. The lowest BCUT2D eigenvalue weighted by atomic mass is 9.96. The summed E-state index contributed by atoms with van der Waals surface area (Å²) in [6, 6.07) is 9.14. The van der Waals surface area contributed by atoms with E-state index in [0.717, 1.165) is 50.5 Å². The Hall–Kier alpha value is -1.72. The summed E-state index contributed by atoms with van der Waals surface area (Å²) >= 11 is 0. The van der Waals surface area contributed by atoms with Crippen LogP contribution >= 0.6 is 24.0 Å². The Labute approximate surface area is 214 Å². The average Bonchev–Trinajstić information content (AvgIpc) is 3.15. The standard InChI is InChI=1S/C24H37N7O.HI/c1-19-28-29-23(30(19)2)17-26-24(27-22-10-4-3-5-11-22)25-16-20-8-6-7-9-21(20)18-31-12-14-32-15-13-31;/h6-9,22H,3-5,10-18H2,1-2H3,(H2,25,26,27);1H. The number of rotatable bonds is 7. The van der Waals surface area contributed by atoms with E-state index in [4.69, 9.17) is 9.73 Å². The molecule has 2 fully saturated rings. The summed E-state index contributed by atoms with van der Waals surface area (Å²) in [4.78, 5) is 7.45. The van der Waals surface area contributed by atoms with Crippen LogP contribution in [0.25, 0.3) is 0 Å². The topological polar surface area (TPSA) is 79.6 Å². The normalized spacial score (nSPS) is 18.1. The van der Waals surface area contributed by atoms with Gasteiger partial charge in [0.2, 0.25) is 0 Å². The SMILES string of the molecule is Cc1nnc(CNC(=NCc2ccccc2CN2CCOCC2)NC2CCCCC2)n1C.I. The molecular weight excluding hydrogens is 529 g/mol. The fourth-order valence-corrected chi connectivity index (χ4v) is 4.39. The molecule has 1 aliphatic heterocycles. The van der Waals surface area contributed by atoms with E-state index in [0.29, 0.717) is 19.1 Å². The van der Waals surface area contributed by atoms with Crippen LogP contribution in [0.2, 0.25) is 0 Å². The van der Waals surface area contributed by atoms with Crippen LogP contribution < -0.4 is 10.6 Å². The maximum Gasteiger partial charge on any atom is 0.192 e. The maximum atomic E-state index is 5.50. The molecule has 1 saturated carbocycles. The van der Waals surface area contributed by atoms with E-state index >= 15 is 0 Å². The summed E-state index contributed by atoms with van der Waals surface area (Å²) in [5.74, 6) is 2.68. The number of guanidine groups is 1. The zero-order valence-electron chi connectivity index (χ0n) is 19.9. The lowest BCUT2D eigenvalue weighted by molar-refractivity contribution is 0.0341. The van der Waals surface area contributed by atoms with E-state index in [1.807, 2.05) is 18.5 Å². The second-order valence-electron chi connectivity index (χ2n) is 8.88. The third-order valence-electron chi connectivity index (χ3n) is 6.57. The van der Waals surface area contributed by atoms with Crippen LogP contribution in [0.3, 0.4) is 0 Å². The molecule has 1 aromatic carbocycles. The maximum absolute atomic E-state index is 5.50. The van der Waals surface area contributed by atoms with Crippen molar-refractivity contribution in [3.63, 3.8) is 0 Å². The van der Waals surface area contributed by atoms with Crippen molar-refractivity contribution < 1.29 is 4.74 Å². The first-order chi connectivity index (χ1) is 15.7. The van der Waals surface area contributed by atoms with Gasteiger partial charge in [0, 0.05) is 32.7 Å². The van der Waals surface area contributed by atoms with Crippen LogP contribution in [0.15, 0.2) is 29.3 Å². The Morgan fingerprint density at radius 1 is 1.09 bits per heavy atom. The zero-order valence-corrected chi connectivity index (χ0v) is 22.3. The van der Waals surface area contributed by atoms with Gasteiger partial charge in [0.25, 0.3) is 0 Å². The molecule has 33 heavy (non-hydrogen) atoms. The quantitative estimate of drug-likeness (QED) is 0.304. The van der Waals surface area contributed by atoms with Gasteiger partial charge in [-0.15, -0.1) is 34.2 Å². The van der Waals surface area contributed by atoms with Crippen LogP contribution in [-0.2, 0) is 31.4 Å². The molecule has 2 aromatic rings. The molecule has 0 spiro atoms. The molecule has 1 aliphatic carbocycles. The predicted molar refractivity (Wildman–Crippen MR) is 142 cm³/mol. The van der Waals surface area contributed by atoms with Gasteiger partial charge in [-0.05, 0) is 30.9 Å². The van der Waals surface area contributed by atoms with E-state index in [-0.39, 0.29) is 24.0 Å². The summed E-state index contributed by atoms with van der Waals surface area (Å²) < 4.78 is 7.52. The number of morpholine rings is 1. The molecule has 0 amide bonds. The molecule has 4 rings (SSSR count). The number of ether oxygens (including phenoxy) is 1. The van der Waals surface area contributed by atoms with Crippen molar-refractivity contribution in [3.8, 4) is 0 Å². The number of nitrogens with zero attached hydrogens (tertiary/aromatic N) is 5. The van der Waals surface area contributed by atoms with Crippen molar-refractivity contribution >= 4 is 29.9 Å². The summed E-state index contributed by atoms with van der Waals surface area (Å²) in [5.41, 5.74) is 2.62. The molecular formula is C24H38IN7O. The van der Waals surface area contributed by atoms with Gasteiger partial charge >= 0.3 is 0 Å². The summed E-state index contributed by atoms with van der Waals surface area (Å²) in [6.07, 6.45) is 6.33. The van der Waals surface area contributed by atoms with Crippen molar-refractivity contribution in [2.24, 2.45) is 12.0 Å². The van der Waals surface area contributed by atoms with Crippen LogP contribution in [0.1, 0.15) is 54.9 Å². The summed E-state index contributed by atoms with van der Waals surface area (Å²) in [5, 5.41) is 15.6. The number of aliphatic imine (C=N–C) groups is 1. The predicted octanol–water partition coefficient (Wildman–Crippen LogP) is 3.14. The van der Waals surface area contributed by atoms with Crippen molar-refractivity contribution in [3.05, 3.63) is 47.0 Å². The third-order valence-corrected chi connectivity index (χ3v) is 6.57. The molecule has 1 saturated heterocycles. The van der Waals surface area contributed by atoms with Gasteiger partial charge in [-0.25, -0.2) is 4.99 Å². The van der Waals surface area contributed by atoms with Crippen molar-refractivity contribution in [2.45, 2.75) is 64.7 Å². The fraction of sp³-hybridized carbons (Fsp3) is 0.625. The number of benzene rings is 1. The fourth-order valence-electron chi connectivity index (χ4n) is 4.39. The molecule has 0 unspecified atom stereocenters. The Bertz CT molecular complexity index is 889. The highest BCUT2D eigenvalue weighted by Crippen LogP contribution is 2.18. The lowest BCUT2D eigenvalue weighted by Gasteiger charge is -2.27. The van der Waals surface area contributed by atoms with E-state index in [1.165, 1.54) is 43.2 Å². The van der Waals surface area contributed by atoms with Crippen LogP contribution in [0, 0.1) is 6.92 Å². The van der Waals surface area contributed by atoms with E-state index in [2.05, 4.69) is 50.0 Å². The highest BCUT2D eigenvalue weighted by atomic mass is 127. The molecule has 2 heterocycles. The van der Waals surface area contributed by atoms with Gasteiger partial charge in [-0.2, -0.15) is 0 Å². The second-order valence-corrected chi connectivity index (χ2v) is 8.88. The molecule has 0 radical (unpaired) electrons. The van der Waals surface area contributed by atoms with Gasteiger partial charge < -0.3 is 19.9 Å². The molecule has 2 aliphatic rings. The Morgan fingerprint density at radius 3 is 2.52 bits per heavy atom. The van der Waals surface area contributed by atoms with Gasteiger partial charge in [0.05, 0.1) is 26.3 Å². The third kappa shape index (κ3) is 7.65. The highest BCUT2D eigenvalue weighted by molar-refractivity contribution is 14.0. The van der Waals surface area contributed by atoms with Gasteiger partial charge in [0.15, 0.2) is 11.8 Å². The van der Waals surface area contributed by atoms with Crippen molar-refractivity contribution in [1.82, 2.24) is 30.3 Å². The monoisotopic (exact) mass is 567 g/mol. The Morgan fingerprint density at radius 2 is 1.82 bits per heavy atom. The highest BCUT2D eigenvalue weighted by Gasteiger charge is 2.16. The van der Waals surface area contributed by atoms with Crippen LogP contribution in [-0.4, -0.2) is 58.0 Å². The number of nitrogens with one attached hydrogen (secondary N) is 2. The van der Waals surface area contributed by atoms with Crippen LogP contribution in [0.4, 0.5) is 0 Å². The zero-order chi connectivity index (χ0) is 22.2. The molecule has 182 valence electrons. The van der Waals surface area contributed by atoms with Gasteiger partial charge in [0.1, 0.15) is 5.82 Å². The van der Waals surface area contributed by atoms with Crippen molar-refractivity contribution in [2.75, 3.05) is 26.3 Å². The first-order valence-electron chi connectivity index (χ1n) is 12.0. The molecule has 9 heteroatoms. The lowest BCUT2D eigenvalue weighted by Crippen LogP contribution is -2.44. The largest absolute Gasteiger partial charge is 0.379 e. The summed E-state index contributed by atoms with van der Waals surface area (Å²) in [6.45, 7) is 7.80. The minimum Gasteiger partial charge on any atom is -0.379 e. The Kier molecular flexibility index (Phi) is 10.4. The first kappa shape index (κ1) is 25.9. The van der Waals surface area contributed by atoms with E-state index < -0.39 is 0 Å². The minimum atomic E-state index is 0. The average molecular weight is 568 g/mol. The number of hydrogen-bond donors (Lipinski definition) is 2. The van der Waals surface area contributed by atoms with E-state index in [9.17, 15) is 0 Å². The minimum absolute atomic E-state index is 0. The molecule has 0 atom stereocenters. The number of aryl methyl sites for hydroxylation is 1. The first-order valence-corrected chi connectivity index (χ1v) is 12.0. The van der Waals surface area contributed by atoms with Crippen molar-refractivity contribution in [1.29, 1.82) is 0 Å². The Balaban J connectivity index is 0.00000306. The molecule has 0 bridgehead atoms. The van der Waals surface area contributed by atoms with Gasteiger partial charge in [-0.3, -0.25) is 4.90 Å². The molecule has 2 N–H and O–H groups in total. The molecule has 8 nitrogen and oxygen atoms in total. The smallest absolute Gasteiger partial charge is 0.192 e.